The lowest BCUT2D eigenvalue weighted by Crippen LogP contribution is -2.13. The molecule has 1 aromatic heterocycles. The van der Waals surface area contributed by atoms with Crippen molar-refractivity contribution in [3.8, 4) is 11.3 Å². The molecule has 0 atom stereocenters. The highest BCUT2D eigenvalue weighted by atomic mass is 19.4. The summed E-state index contributed by atoms with van der Waals surface area (Å²) in [6.07, 6.45) is -4.47. The average Bonchev–Trinajstić information content (AvgIpc) is 3.07. The highest BCUT2D eigenvalue weighted by molar-refractivity contribution is 6.03. The Hall–Kier alpha value is -3.09. The number of nitrogens with zero attached hydrogens (tertiary/aromatic N) is 1. The minimum atomic E-state index is -4.47. The van der Waals surface area contributed by atoms with E-state index in [2.05, 4.69) is 15.5 Å². The molecular formula is C19H16F3N3O. The molecule has 3 aromatic rings. The highest BCUT2D eigenvalue weighted by Gasteiger charge is 2.30. The van der Waals surface area contributed by atoms with E-state index in [1.807, 2.05) is 32.0 Å². The van der Waals surface area contributed by atoms with Crippen molar-refractivity contribution < 1.29 is 18.0 Å². The molecule has 0 saturated heterocycles. The number of alkyl halides is 3. The van der Waals surface area contributed by atoms with Gasteiger partial charge in [-0.05, 0) is 55.3 Å². The predicted molar refractivity (Wildman–Crippen MR) is 92.9 cm³/mol. The van der Waals surface area contributed by atoms with E-state index in [9.17, 15) is 18.0 Å². The van der Waals surface area contributed by atoms with Crippen LogP contribution in [0.25, 0.3) is 11.3 Å². The van der Waals surface area contributed by atoms with Crippen molar-refractivity contribution in [2.45, 2.75) is 20.0 Å². The number of nitrogens with one attached hydrogen (secondary N) is 2. The molecule has 1 heterocycles. The van der Waals surface area contributed by atoms with Gasteiger partial charge in [-0.15, -0.1) is 0 Å². The van der Waals surface area contributed by atoms with Crippen LogP contribution >= 0.6 is 0 Å². The Balaban J connectivity index is 1.79. The number of aryl methyl sites for hydroxylation is 2. The van der Waals surface area contributed by atoms with Gasteiger partial charge in [-0.25, -0.2) is 0 Å². The average molecular weight is 359 g/mol. The second-order valence-electron chi connectivity index (χ2n) is 6.00. The van der Waals surface area contributed by atoms with E-state index >= 15 is 0 Å². The van der Waals surface area contributed by atoms with Gasteiger partial charge < -0.3 is 5.32 Å². The Kier molecular flexibility index (Phi) is 4.54. The second kappa shape index (κ2) is 6.67. The van der Waals surface area contributed by atoms with Crippen molar-refractivity contribution in [2.24, 2.45) is 0 Å². The number of rotatable bonds is 3. The first-order valence-corrected chi connectivity index (χ1v) is 7.86. The zero-order valence-corrected chi connectivity index (χ0v) is 14.1. The number of H-pyrrole nitrogens is 1. The standard InChI is InChI=1S/C19H16F3N3O/c1-11-6-7-13(8-12(11)2)16-10-17(25-24-16)18(26)23-15-5-3-4-14(9-15)19(20,21)22/h3-10H,1-2H3,(H,23,26)(H,24,25). The van der Waals surface area contributed by atoms with Crippen LogP contribution in [0.1, 0.15) is 27.2 Å². The molecule has 134 valence electrons. The Morgan fingerprint density at radius 2 is 1.81 bits per heavy atom. The van der Waals surface area contributed by atoms with Crippen molar-refractivity contribution in [2.75, 3.05) is 5.32 Å². The van der Waals surface area contributed by atoms with E-state index < -0.39 is 17.6 Å². The highest BCUT2D eigenvalue weighted by Crippen LogP contribution is 2.30. The molecular weight excluding hydrogens is 343 g/mol. The van der Waals surface area contributed by atoms with E-state index in [1.54, 1.807) is 6.07 Å². The molecule has 0 spiro atoms. The third-order valence-electron chi connectivity index (χ3n) is 4.07. The Morgan fingerprint density at radius 1 is 1.04 bits per heavy atom. The number of hydrogen-bond acceptors (Lipinski definition) is 2. The summed E-state index contributed by atoms with van der Waals surface area (Å²) in [5, 5.41) is 9.18. The van der Waals surface area contributed by atoms with Gasteiger partial charge in [-0.3, -0.25) is 9.89 Å². The normalized spacial score (nSPS) is 11.4. The van der Waals surface area contributed by atoms with E-state index in [0.29, 0.717) is 5.69 Å². The maximum Gasteiger partial charge on any atom is 0.416 e. The van der Waals surface area contributed by atoms with Crippen molar-refractivity contribution >= 4 is 11.6 Å². The SMILES string of the molecule is Cc1ccc(-c2cc(C(=O)Nc3cccc(C(F)(F)F)c3)[nH]n2)cc1C. The monoisotopic (exact) mass is 359 g/mol. The lowest BCUT2D eigenvalue weighted by Gasteiger charge is -2.09. The number of anilines is 1. The van der Waals surface area contributed by atoms with Gasteiger partial charge in [0, 0.05) is 11.3 Å². The van der Waals surface area contributed by atoms with E-state index in [-0.39, 0.29) is 11.4 Å². The summed E-state index contributed by atoms with van der Waals surface area (Å²) < 4.78 is 38.3. The summed E-state index contributed by atoms with van der Waals surface area (Å²) in [4.78, 5) is 12.3. The second-order valence-corrected chi connectivity index (χ2v) is 6.00. The number of amides is 1. The summed E-state index contributed by atoms with van der Waals surface area (Å²) in [6, 6.07) is 11.9. The minimum Gasteiger partial charge on any atom is -0.321 e. The number of carbonyl (C=O) groups is 1. The van der Waals surface area contributed by atoms with Crippen LogP contribution in [0.5, 0.6) is 0 Å². The minimum absolute atomic E-state index is 0.0622. The molecule has 26 heavy (non-hydrogen) atoms. The van der Waals surface area contributed by atoms with Gasteiger partial charge in [-0.2, -0.15) is 18.3 Å². The third kappa shape index (κ3) is 3.77. The maximum absolute atomic E-state index is 12.8. The predicted octanol–water partition coefficient (Wildman–Crippen LogP) is 4.96. The van der Waals surface area contributed by atoms with Gasteiger partial charge in [0.2, 0.25) is 0 Å². The summed E-state index contributed by atoms with van der Waals surface area (Å²) in [6.45, 7) is 3.98. The van der Waals surface area contributed by atoms with Gasteiger partial charge in [0.15, 0.2) is 0 Å². The van der Waals surface area contributed by atoms with Crippen LogP contribution in [0, 0.1) is 13.8 Å². The fraction of sp³-hybridized carbons (Fsp3) is 0.158. The molecule has 1 amide bonds. The van der Waals surface area contributed by atoms with Gasteiger partial charge in [0.05, 0.1) is 11.3 Å². The van der Waals surface area contributed by atoms with Crippen molar-refractivity contribution in [3.63, 3.8) is 0 Å². The van der Waals surface area contributed by atoms with Crippen LogP contribution in [0.15, 0.2) is 48.5 Å². The largest absolute Gasteiger partial charge is 0.416 e. The van der Waals surface area contributed by atoms with Crippen molar-refractivity contribution in [3.05, 3.63) is 70.9 Å². The lowest BCUT2D eigenvalue weighted by atomic mass is 10.0. The number of halogens is 3. The van der Waals surface area contributed by atoms with Crippen LogP contribution in [0.4, 0.5) is 18.9 Å². The third-order valence-corrected chi connectivity index (χ3v) is 4.07. The quantitative estimate of drug-likeness (QED) is 0.694. The van der Waals surface area contributed by atoms with Gasteiger partial charge >= 0.3 is 6.18 Å². The van der Waals surface area contributed by atoms with Crippen LogP contribution in [0.3, 0.4) is 0 Å². The fourth-order valence-corrected chi connectivity index (χ4v) is 2.46. The molecule has 4 nitrogen and oxygen atoms in total. The summed E-state index contributed by atoms with van der Waals surface area (Å²) in [5.41, 5.74) is 3.08. The maximum atomic E-state index is 12.8. The van der Waals surface area contributed by atoms with Crippen molar-refractivity contribution in [1.29, 1.82) is 0 Å². The van der Waals surface area contributed by atoms with Crippen LogP contribution < -0.4 is 5.32 Å². The molecule has 0 radical (unpaired) electrons. The summed E-state index contributed by atoms with van der Waals surface area (Å²) in [7, 11) is 0. The summed E-state index contributed by atoms with van der Waals surface area (Å²) in [5.74, 6) is -0.563. The van der Waals surface area contributed by atoms with E-state index in [1.165, 1.54) is 12.1 Å². The number of carbonyl (C=O) groups excluding carboxylic acids is 1. The smallest absolute Gasteiger partial charge is 0.321 e. The first-order chi connectivity index (χ1) is 12.2. The number of hydrogen-bond donors (Lipinski definition) is 2. The Morgan fingerprint density at radius 3 is 2.50 bits per heavy atom. The molecule has 0 aliphatic heterocycles. The molecule has 0 unspecified atom stereocenters. The lowest BCUT2D eigenvalue weighted by molar-refractivity contribution is -0.137. The first-order valence-electron chi connectivity index (χ1n) is 7.86. The van der Waals surface area contributed by atoms with Crippen molar-refractivity contribution in [1.82, 2.24) is 10.2 Å². The topological polar surface area (TPSA) is 57.8 Å². The van der Waals surface area contributed by atoms with Gasteiger partial charge in [0.1, 0.15) is 5.69 Å². The molecule has 3 rings (SSSR count). The van der Waals surface area contributed by atoms with Crippen LogP contribution in [0.2, 0.25) is 0 Å². The van der Waals surface area contributed by atoms with Gasteiger partial charge in [-0.1, -0.05) is 18.2 Å². The number of benzene rings is 2. The van der Waals surface area contributed by atoms with Gasteiger partial charge in [0.25, 0.3) is 5.91 Å². The zero-order chi connectivity index (χ0) is 18.9. The molecule has 2 N–H and O–H groups in total. The van der Waals surface area contributed by atoms with E-state index in [4.69, 9.17) is 0 Å². The number of aromatic amines is 1. The molecule has 0 saturated carbocycles. The molecule has 0 aliphatic rings. The molecule has 0 fully saturated rings. The molecule has 0 aliphatic carbocycles. The molecule has 7 heteroatoms. The number of aromatic nitrogens is 2. The van der Waals surface area contributed by atoms with Crippen LogP contribution in [-0.2, 0) is 6.18 Å². The Labute approximate surface area is 148 Å². The molecule has 2 aromatic carbocycles. The van der Waals surface area contributed by atoms with Crippen LogP contribution in [-0.4, -0.2) is 16.1 Å². The summed E-state index contributed by atoms with van der Waals surface area (Å²) >= 11 is 0. The Bertz CT molecular complexity index is 961. The fourth-order valence-electron chi connectivity index (χ4n) is 2.46. The zero-order valence-electron chi connectivity index (χ0n) is 14.1. The molecule has 0 bridgehead atoms. The van der Waals surface area contributed by atoms with E-state index in [0.717, 1.165) is 28.8 Å². The first kappa shape index (κ1) is 17.7.